The first-order chi connectivity index (χ1) is 5.27. The van der Waals surface area contributed by atoms with E-state index in [1.807, 2.05) is 6.92 Å². The van der Waals surface area contributed by atoms with Crippen LogP contribution < -0.4 is 0 Å². The summed E-state index contributed by atoms with van der Waals surface area (Å²) in [5.41, 5.74) is 0. The van der Waals surface area contributed by atoms with Crippen molar-refractivity contribution >= 4 is 11.6 Å². The number of nitrogens with zero attached hydrogens (tertiary/aromatic N) is 2. The quantitative estimate of drug-likeness (QED) is 0.661. The van der Waals surface area contributed by atoms with E-state index in [1.54, 1.807) is 0 Å². The topological polar surface area (TPSA) is 38.9 Å². The Balaban J connectivity index is 2.71. The molecule has 62 valence electrons. The molecule has 3 nitrogen and oxygen atoms in total. The fraction of sp³-hybridized carbons (Fsp3) is 0.714. The molecule has 1 aromatic rings. The van der Waals surface area contributed by atoms with E-state index in [2.05, 4.69) is 17.1 Å². The number of aromatic nitrogens is 2. The lowest BCUT2D eigenvalue weighted by Gasteiger charge is -1.98. The molecule has 11 heavy (non-hydrogen) atoms. The third kappa shape index (κ3) is 1.93. The van der Waals surface area contributed by atoms with E-state index >= 15 is 0 Å². The molecule has 1 aromatic heterocycles. The van der Waals surface area contributed by atoms with E-state index in [0.717, 1.165) is 6.42 Å². The Kier molecular flexibility index (Phi) is 2.88. The molecule has 0 saturated heterocycles. The van der Waals surface area contributed by atoms with Crippen LogP contribution in [0.5, 0.6) is 0 Å². The first kappa shape index (κ1) is 8.53. The molecule has 4 heteroatoms. The minimum atomic E-state index is 0.295. The fourth-order valence-electron chi connectivity index (χ4n) is 0.694. The molecule has 1 heterocycles. The second-order valence-electron chi connectivity index (χ2n) is 2.48. The lowest BCUT2D eigenvalue weighted by atomic mass is 10.1. The molecule has 0 aliphatic rings. The molecular formula is C7H11ClN2O. The second kappa shape index (κ2) is 3.72. The average molecular weight is 175 g/mol. The van der Waals surface area contributed by atoms with Gasteiger partial charge in [-0.3, -0.25) is 0 Å². The van der Waals surface area contributed by atoms with Gasteiger partial charge in [0.25, 0.3) is 0 Å². The number of rotatable bonds is 3. The van der Waals surface area contributed by atoms with Crippen LogP contribution in [0, 0.1) is 0 Å². The summed E-state index contributed by atoms with van der Waals surface area (Å²) in [6.07, 6.45) is 1.00. The van der Waals surface area contributed by atoms with E-state index in [1.165, 1.54) is 0 Å². The smallest absolute Gasteiger partial charge is 0.231 e. The second-order valence-corrected chi connectivity index (χ2v) is 2.74. The average Bonchev–Trinajstić information content (AvgIpc) is 2.50. The maximum absolute atomic E-state index is 5.49. The molecule has 0 fully saturated rings. The molecule has 1 atom stereocenters. The normalized spacial score (nSPS) is 13.4. The van der Waals surface area contributed by atoms with E-state index in [4.69, 9.17) is 16.0 Å². The van der Waals surface area contributed by atoms with Gasteiger partial charge in [0, 0.05) is 5.92 Å². The zero-order valence-electron chi connectivity index (χ0n) is 6.67. The van der Waals surface area contributed by atoms with Crippen molar-refractivity contribution in [1.82, 2.24) is 10.2 Å². The molecule has 0 bridgehead atoms. The summed E-state index contributed by atoms with van der Waals surface area (Å²) < 4.78 is 5.23. The first-order valence-electron chi connectivity index (χ1n) is 3.66. The highest BCUT2D eigenvalue weighted by molar-refractivity contribution is 6.16. The summed E-state index contributed by atoms with van der Waals surface area (Å²) in [5.74, 6) is 1.81. The van der Waals surface area contributed by atoms with Gasteiger partial charge in [-0.25, -0.2) is 0 Å². The molecule has 0 aromatic carbocycles. The first-order valence-corrected chi connectivity index (χ1v) is 4.19. The van der Waals surface area contributed by atoms with Gasteiger partial charge in [0.05, 0.1) is 0 Å². The minimum absolute atomic E-state index is 0.295. The van der Waals surface area contributed by atoms with Crippen LogP contribution in [0.4, 0.5) is 0 Å². The third-order valence-corrected chi connectivity index (χ3v) is 1.86. The lowest BCUT2D eigenvalue weighted by Crippen LogP contribution is -1.90. The van der Waals surface area contributed by atoms with Gasteiger partial charge < -0.3 is 4.42 Å². The van der Waals surface area contributed by atoms with Gasteiger partial charge in [0.15, 0.2) is 0 Å². The van der Waals surface area contributed by atoms with E-state index in [0.29, 0.717) is 23.6 Å². The molecule has 0 amide bonds. The van der Waals surface area contributed by atoms with Crippen LogP contribution in [0.3, 0.4) is 0 Å². The maximum atomic E-state index is 5.49. The number of halogens is 1. The Morgan fingerprint density at radius 2 is 2.27 bits per heavy atom. The molecule has 1 rings (SSSR count). The fourth-order valence-corrected chi connectivity index (χ4v) is 0.802. The van der Waals surface area contributed by atoms with E-state index < -0.39 is 0 Å². The van der Waals surface area contributed by atoms with Gasteiger partial charge in [-0.1, -0.05) is 13.8 Å². The predicted molar refractivity (Wildman–Crippen MR) is 42.6 cm³/mol. The van der Waals surface area contributed by atoms with Crippen molar-refractivity contribution in [2.75, 3.05) is 0 Å². The van der Waals surface area contributed by atoms with Crippen molar-refractivity contribution < 1.29 is 4.42 Å². The summed E-state index contributed by atoms with van der Waals surface area (Å²) in [6, 6.07) is 0. The van der Waals surface area contributed by atoms with Crippen molar-refractivity contribution in [3.05, 3.63) is 11.8 Å². The van der Waals surface area contributed by atoms with Crippen LogP contribution in [0.1, 0.15) is 38.0 Å². The highest BCUT2D eigenvalue weighted by Crippen LogP contribution is 2.16. The Morgan fingerprint density at radius 1 is 1.55 bits per heavy atom. The third-order valence-electron chi connectivity index (χ3n) is 1.63. The molecule has 0 saturated carbocycles. The Bertz CT molecular complexity index is 224. The summed E-state index contributed by atoms with van der Waals surface area (Å²) in [5, 5.41) is 7.61. The van der Waals surface area contributed by atoms with Crippen LogP contribution in [0.25, 0.3) is 0 Å². The minimum Gasteiger partial charge on any atom is -0.424 e. The van der Waals surface area contributed by atoms with Gasteiger partial charge in [-0.15, -0.1) is 21.8 Å². The van der Waals surface area contributed by atoms with Crippen molar-refractivity contribution in [1.29, 1.82) is 0 Å². The monoisotopic (exact) mass is 174 g/mol. The van der Waals surface area contributed by atoms with Gasteiger partial charge in [-0.05, 0) is 6.42 Å². The van der Waals surface area contributed by atoms with Crippen molar-refractivity contribution in [2.24, 2.45) is 0 Å². The van der Waals surface area contributed by atoms with E-state index in [-0.39, 0.29) is 0 Å². The molecule has 0 aliphatic carbocycles. The van der Waals surface area contributed by atoms with Crippen LogP contribution in [0.15, 0.2) is 4.42 Å². The molecule has 0 radical (unpaired) electrons. The van der Waals surface area contributed by atoms with Crippen molar-refractivity contribution in [3.63, 3.8) is 0 Å². The molecule has 0 spiro atoms. The van der Waals surface area contributed by atoms with Crippen LogP contribution >= 0.6 is 11.6 Å². The summed E-state index contributed by atoms with van der Waals surface area (Å²) in [4.78, 5) is 0. The summed E-state index contributed by atoms with van der Waals surface area (Å²) in [6.45, 7) is 4.13. The lowest BCUT2D eigenvalue weighted by molar-refractivity contribution is 0.430. The molecule has 0 N–H and O–H groups in total. The van der Waals surface area contributed by atoms with Gasteiger partial charge in [-0.2, -0.15) is 0 Å². The van der Waals surface area contributed by atoms with Crippen molar-refractivity contribution in [2.45, 2.75) is 32.1 Å². The van der Waals surface area contributed by atoms with Gasteiger partial charge in [0.1, 0.15) is 5.88 Å². The Morgan fingerprint density at radius 3 is 2.73 bits per heavy atom. The summed E-state index contributed by atoms with van der Waals surface area (Å²) >= 11 is 5.49. The van der Waals surface area contributed by atoms with Crippen LogP contribution in [-0.4, -0.2) is 10.2 Å². The van der Waals surface area contributed by atoms with Gasteiger partial charge in [0.2, 0.25) is 11.8 Å². The number of hydrogen-bond donors (Lipinski definition) is 0. The number of alkyl halides is 1. The highest BCUT2D eigenvalue weighted by Gasteiger charge is 2.10. The van der Waals surface area contributed by atoms with Gasteiger partial charge >= 0.3 is 0 Å². The highest BCUT2D eigenvalue weighted by atomic mass is 35.5. The number of hydrogen-bond acceptors (Lipinski definition) is 3. The molecular weight excluding hydrogens is 164 g/mol. The van der Waals surface area contributed by atoms with Crippen LogP contribution in [-0.2, 0) is 5.88 Å². The zero-order chi connectivity index (χ0) is 8.27. The van der Waals surface area contributed by atoms with Crippen LogP contribution in [0.2, 0.25) is 0 Å². The summed E-state index contributed by atoms with van der Waals surface area (Å²) in [7, 11) is 0. The Hall–Kier alpha value is -0.570. The Labute approximate surface area is 70.8 Å². The predicted octanol–water partition coefficient (Wildman–Crippen LogP) is 2.32. The maximum Gasteiger partial charge on any atom is 0.231 e. The zero-order valence-corrected chi connectivity index (χ0v) is 7.43. The SMILES string of the molecule is CC[C@@H](C)c1nnc(CCl)o1. The molecule has 0 aliphatic heterocycles. The largest absolute Gasteiger partial charge is 0.424 e. The standard InChI is InChI=1S/C7H11ClN2O/c1-3-5(2)7-10-9-6(4-8)11-7/h5H,3-4H2,1-2H3/t5-/m1/s1. The van der Waals surface area contributed by atoms with Crippen molar-refractivity contribution in [3.8, 4) is 0 Å². The van der Waals surface area contributed by atoms with E-state index in [9.17, 15) is 0 Å². The molecule has 0 unspecified atom stereocenters.